The third-order valence-electron chi connectivity index (χ3n) is 2.99. The lowest BCUT2D eigenvalue weighted by Gasteiger charge is -2.15. The highest BCUT2D eigenvalue weighted by atomic mass is 16.5. The fraction of sp³-hybridized carbons (Fsp3) is 0.231. The van der Waals surface area contributed by atoms with Crippen molar-refractivity contribution >= 4 is 16.9 Å². The Morgan fingerprint density at radius 3 is 2.85 bits per heavy atom. The van der Waals surface area contributed by atoms with Crippen molar-refractivity contribution in [3.8, 4) is 0 Å². The predicted molar refractivity (Wildman–Crippen MR) is 70.9 cm³/mol. The van der Waals surface area contributed by atoms with E-state index in [1.54, 1.807) is 30.1 Å². The summed E-state index contributed by atoms with van der Waals surface area (Å²) in [7, 11) is 1.72. The highest BCUT2D eigenvalue weighted by Gasteiger charge is 2.15. The zero-order valence-corrected chi connectivity index (χ0v) is 11.1. The number of fused-ring (bicyclic) bond motifs is 1. The predicted octanol–water partition coefficient (Wildman–Crippen LogP) is 1.53. The summed E-state index contributed by atoms with van der Waals surface area (Å²) in [4.78, 5) is 13.9. The number of hydrogen-bond acceptors (Lipinski definition) is 5. The quantitative estimate of drug-likeness (QED) is 0.780. The molecule has 3 rings (SSSR count). The minimum atomic E-state index is -0.101. The van der Waals surface area contributed by atoms with Crippen LogP contribution in [0.3, 0.4) is 0 Å². The number of rotatable bonds is 3. The molecule has 7 heteroatoms. The maximum Gasteiger partial charge on any atom is 0.254 e. The average molecular weight is 271 g/mol. The van der Waals surface area contributed by atoms with Crippen LogP contribution < -0.4 is 0 Å². The number of amides is 1. The Balaban J connectivity index is 1.80. The van der Waals surface area contributed by atoms with E-state index in [1.807, 2.05) is 13.0 Å². The number of aromatic amines is 1. The van der Waals surface area contributed by atoms with Crippen LogP contribution in [0.4, 0.5) is 0 Å². The number of nitrogens with one attached hydrogen (secondary N) is 1. The fourth-order valence-electron chi connectivity index (χ4n) is 2.00. The van der Waals surface area contributed by atoms with Crippen molar-refractivity contribution in [2.45, 2.75) is 13.5 Å². The number of nitrogens with zero attached hydrogens (tertiary/aromatic N) is 4. The summed E-state index contributed by atoms with van der Waals surface area (Å²) in [6, 6.07) is 7.02. The van der Waals surface area contributed by atoms with E-state index in [2.05, 4.69) is 20.6 Å². The van der Waals surface area contributed by atoms with Crippen molar-refractivity contribution < 1.29 is 9.32 Å². The van der Waals surface area contributed by atoms with Crippen LogP contribution in [0.5, 0.6) is 0 Å². The Kier molecular flexibility index (Phi) is 2.94. The van der Waals surface area contributed by atoms with Gasteiger partial charge in [-0.15, -0.1) is 0 Å². The summed E-state index contributed by atoms with van der Waals surface area (Å²) in [5.74, 6) is 0.625. The number of aromatic nitrogens is 4. The van der Waals surface area contributed by atoms with Gasteiger partial charge in [0.15, 0.2) is 0 Å². The van der Waals surface area contributed by atoms with E-state index in [1.165, 1.54) is 0 Å². The summed E-state index contributed by atoms with van der Waals surface area (Å²) in [5, 5.41) is 14.3. The second-order valence-electron chi connectivity index (χ2n) is 4.62. The lowest BCUT2D eigenvalue weighted by atomic mass is 10.1. The second-order valence-corrected chi connectivity index (χ2v) is 4.62. The molecule has 0 aliphatic carbocycles. The van der Waals surface area contributed by atoms with Gasteiger partial charge in [-0.2, -0.15) is 15.4 Å². The van der Waals surface area contributed by atoms with Crippen LogP contribution in [0.25, 0.3) is 11.0 Å². The fourth-order valence-corrected chi connectivity index (χ4v) is 2.00. The van der Waals surface area contributed by atoms with Gasteiger partial charge in [-0.25, -0.2) is 0 Å². The molecule has 1 aromatic carbocycles. The van der Waals surface area contributed by atoms with E-state index in [-0.39, 0.29) is 5.91 Å². The average Bonchev–Trinajstić information content (AvgIpc) is 3.05. The van der Waals surface area contributed by atoms with Crippen molar-refractivity contribution in [2.24, 2.45) is 0 Å². The number of H-pyrrole nitrogens is 1. The zero-order chi connectivity index (χ0) is 14.1. The van der Waals surface area contributed by atoms with Gasteiger partial charge in [0.05, 0.1) is 6.54 Å². The van der Waals surface area contributed by atoms with Gasteiger partial charge in [0.1, 0.15) is 22.5 Å². The molecule has 1 N–H and O–H groups in total. The molecule has 0 saturated heterocycles. The molecule has 1 amide bonds. The minimum Gasteiger partial charge on any atom is -0.361 e. The zero-order valence-electron chi connectivity index (χ0n) is 11.1. The van der Waals surface area contributed by atoms with Crippen LogP contribution in [-0.2, 0) is 6.54 Å². The number of benzene rings is 1. The molecule has 0 atom stereocenters. The van der Waals surface area contributed by atoms with Crippen LogP contribution in [0.15, 0.2) is 28.8 Å². The highest BCUT2D eigenvalue weighted by Crippen LogP contribution is 2.13. The molecule has 7 nitrogen and oxygen atoms in total. The van der Waals surface area contributed by atoms with Gasteiger partial charge in [-0.05, 0) is 25.1 Å². The number of aryl methyl sites for hydroxylation is 1. The highest BCUT2D eigenvalue weighted by molar-refractivity contribution is 5.97. The molecule has 0 saturated carbocycles. The van der Waals surface area contributed by atoms with Gasteiger partial charge in [0.25, 0.3) is 5.91 Å². The van der Waals surface area contributed by atoms with Gasteiger partial charge >= 0.3 is 0 Å². The molecule has 0 aliphatic rings. The number of carbonyl (C=O) groups is 1. The SMILES string of the molecule is Cc1cc(CN(C)C(=O)c2ccc3n[nH]nc3c2)no1. The Morgan fingerprint density at radius 1 is 1.30 bits per heavy atom. The van der Waals surface area contributed by atoms with Crippen molar-refractivity contribution in [1.82, 2.24) is 25.5 Å². The molecule has 0 fully saturated rings. The van der Waals surface area contributed by atoms with Gasteiger partial charge in [-0.1, -0.05) is 5.16 Å². The van der Waals surface area contributed by atoms with Crippen LogP contribution >= 0.6 is 0 Å². The Labute approximate surface area is 114 Å². The molecule has 2 aromatic heterocycles. The summed E-state index contributed by atoms with van der Waals surface area (Å²) in [6.07, 6.45) is 0. The first-order valence-electron chi connectivity index (χ1n) is 6.11. The Morgan fingerprint density at radius 2 is 2.10 bits per heavy atom. The molecule has 0 bridgehead atoms. The van der Waals surface area contributed by atoms with E-state index < -0.39 is 0 Å². The molecular formula is C13H13N5O2. The maximum absolute atomic E-state index is 12.3. The van der Waals surface area contributed by atoms with Crippen molar-refractivity contribution in [3.05, 3.63) is 41.3 Å². The minimum absolute atomic E-state index is 0.101. The largest absolute Gasteiger partial charge is 0.361 e. The first-order chi connectivity index (χ1) is 9.63. The number of carbonyl (C=O) groups excluding carboxylic acids is 1. The Hall–Kier alpha value is -2.70. The normalized spacial score (nSPS) is 10.9. The molecule has 20 heavy (non-hydrogen) atoms. The van der Waals surface area contributed by atoms with E-state index in [0.717, 1.165) is 17.0 Å². The summed E-state index contributed by atoms with van der Waals surface area (Å²) in [6.45, 7) is 2.21. The first-order valence-corrected chi connectivity index (χ1v) is 6.11. The van der Waals surface area contributed by atoms with Crippen molar-refractivity contribution in [3.63, 3.8) is 0 Å². The van der Waals surface area contributed by atoms with E-state index >= 15 is 0 Å². The monoisotopic (exact) mass is 271 g/mol. The van der Waals surface area contributed by atoms with Gasteiger partial charge in [0.2, 0.25) is 0 Å². The van der Waals surface area contributed by atoms with Crippen LogP contribution in [0.1, 0.15) is 21.8 Å². The molecule has 102 valence electrons. The number of hydrogen-bond donors (Lipinski definition) is 1. The van der Waals surface area contributed by atoms with Crippen molar-refractivity contribution in [1.29, 1.82) is 0 Å². The molecular weight excluding hydrogens is 258 g/mol. The van der Waals surface area contributed by atoms with Gasteiger partial charge in [-0.3, -0.25) is 4.79 Å². The summed E-state index contributed by atoms with van der Waals surface area (Å²) in [5.41, 5.74) is 2.69. The van der Waals surface area contributed by atoms with Crippen LogP contribution in [-0.4, -0.2) is 38.4 Å². The lowest BCUT2D eigenvalue weighted by molar-refractivity contribution is 0.0782. The van der Waals surface area contributed by atoms with E-state index in [9.17, 15) is 4.79 Å². The van der Waals surface area contributed by atoms with Gasteiger partial charge < -0.3 is 9.42 Å². The first kappa shape index (κ1) is 12.3. The lowest BCUT2D eigenvalue weighted by Crippen LogP contribution is -2.26. The van der Waals surface area contributed by atoms with Crippen LogP contribution in [0, 0.1) is 6.92 Å². The third-order valence-corrected chi connectivity index (χ3v) is 2.99. The van der Waals surface area contributed by atoms with E-state index in [4.69, 9.17) is 4.52 Å². The standard InChI is InChI=1S/C13H13N5O2/c1-8-5-10(16-20-8)7-18(2)13(19)9-3-4-11-12(6-9)15-17-14-11/h3-6H,7H2,1-2H3,(H,14,15,17). The van der Waals surface area contributed by atoms with Gasteiger partial charge in [0, 0.05) is 18.7 Å². The molecule has 3 aromatic rings. The molecule has 0 aliphatic heterocycles. The Bertz CT molecular complexity index is 761. The maximum atomic E-state index is 12.3. The van der Waals surface area contributed by atoms with Crippen LogP contribution in [0.2, 0.25) is 0 Å². The smallest absolute Gasteiger partial charge is 0.254 e. The summed E-state index contributed by atoms with van der Waals surface area (Å²) >= 11 is 0. The molecule has 2 heterocycles. The van der Waals surface area contributed by atoms with Crippen molar-refractivity contribution in [2.75, 3.05) is 7.05 Å². The molecule has 0 spiro atoms. The second kappa shape index (κ2) is 4.76. The summed E-state index contributed by atoms with van der Waals surface area (Å²) < 4.78 is 4.99. The molecule has 0 radical (unpaired) electrons. The third kappa shape index (κ3) is 2.25. The molecule has 0 unspecified atom stereocenters. The topological polar surface area (TPSA) is 87.9 Å². The van der Waals surface area contributed by atoms with E-state index in [0.29, 0.717) is 17.6 Å².